The molecule has 0 aliphatic heterocycles. The third kappa shape index (κ3) is 1.31. The highest BCUT2D eigenvalue weighted by molar-refractivity contribution is 5.90. The number of phenolic OH excluding ortho intramolecular Hbond substituents is 1. The molecular formula is C13H10O. The minimum atomic E-state index is 0.248. The molecule has 0 heterocycles. The molecule has 2 aromatic rings. The van der Waals surface area contributed by atoms with Gasteiger partial charge in [-0.15, -0.1) is 5.92 Å². The van der Waals surface area contributed by atoms with Gasteiger partial charge in [-0.1, -0.05) is 36.3 Å². The first kappa shape index (κ1) is 8.65. The molecule has 0 saturated heterocycles. The minimum Gasteiger partial charge on any atom is -0.507 e. The van der Waals surface area contributed by atoms with Crippen molar-refractivity contribution in [3.8, 4) is 17.6 Å². The number of fused-ring (bicyclic) bond motifs is 1. The van der Waals surface area contributed by atoms with Crippen molar-refractivity contribution in [2.75, 3.05) is 0 Å². The van der Waals surface area contributed by atoms with Crippen LogP contribution in [0.1, 0.15) is 12.5 Å². The molecule has 0 aliphatic rings. The largest absolute Gasteiger partial charge is 0.507 e. The van der Waals surface area contributed by atoms with Crippen LogP contribution in [-0.2, 0) is 0 Å². The summed E-state index contributed by atoms with van der Waals surface area (Å²) in [4.78, 5) is 0. The first-order valence-electron chi connectivity index (χ1n) is 4.46. The van der Waals surface area contributed by atoms with E-state index in [1.807, 2.05) is 30.3 Å². The minimum absolute atomic E-state index is 0.248. The zero-order chi connectivity index (χ0) is 9.97. The second-order valence-corrected chi connectivity index (χ2v) is 3.06. The van der Waals surface area contributed by atoms with Gasteiger partial charge in [-0.2, -0.15) is 0 Å². The Kier molecular flexibility index (Phi) is 2.12. The van der Waals surface area contributed by atoms with Gasteiger partial charge in [0, 0.05) is 5.39 Å². The molecule has 0 fully saturated rings. The van der Waals surface area contributed by atoms with E-state index in [-0.39, 0.29) is 5.75 Å². The van der Waals surface area contributed by atoms with Crippen molar-refractivity contribution in [2.45, 2.75) is 6.92 Å². The molecule has 68 valence electrons. The highest BCUT2D eigenvalue weighted by Crippen LogP contribution is 2.25. The Morgan fingerprint density at radius 3 is 2.64 bits per heavy atom. The summed E-state index contributed by atoms with van der Waals surface area (Å²) in [5.41, 5.74) is 0.714. The average Bonchev–Trinajstić information content (AvgIpc) is 2.23. The van der Waals surface area contributed by atoms with E-state index in [4.69, 9.17) is 0 Å². The summed E-state index contributed by atoms with van der Waals surface area (Å²) in [6, 6.07) is 11.5. The Labute approximate surface area is 83.0 Å². The second kappa shape index (κ2) is 3.43. The van der Waals surface area contributed by atoms with E-state index in [0.29, 0.717) is 5.56 Å². The van der Waals surface area contributed by atoms with Crippen LogP contribution < -0.4 is 0 Å². The summed E-state index contributed by atoms with van der Waals surface area (Å²) in [5.74, 6) is 5.97. The van der Waals surface area contributed by atoms with E-state index >= 15 is 0 Å². The fourth-order valence-electron chi connectivity index (χ4n) is 1.52. The number of hydrogen-bond donors (Lipinski definition) is 1. The Morgan fingerprint density at radius 1 is 1.07 bits per heavy atom. The van der Waals surface area contributed by atoms with Crippen molar-refractivity contribution in [1.82, 2.24) is 0 Å². The predicted molar refractivity (Wildman–Crippen MR) is 58.2 cm³/mol. The average molecular weight is 182 g/mol. The Balaban J connectivity index is 2.87. The zero-order valence-corrected chi connectivity index (χ0v) is 7.91. The van der Waals surface area contributed by atoms with Crippen molar-refractivity contribution >= 4 is 10.8 Å². The molecule has 0 aliphatic carbocycles. The van der Waals surface area contributed by atoms with Gasteiger partial charge >= 0.3 is 0 Å². The van der Waals surface area contributed by atoms with Crippen molar-refractivity contribution < 1.29 is 5.11 Å². The quantitative estimate of drug-likeness (QED) is 0.621. The Hall–Kier alpha value is -1.94. The predicted octanol–water partition coefficient (Wildman–Crippen LogP) is 2.92. The van der Waals surface area contributed by atoms with Crippen molar-refractivity contribution in [2.24, 2.45) is 0 Å². The van der Waals surface area contributed by atoms with E-state index in [1.54, 1.807) is 13.0 Å². The van der Waals surface area contributed by atoms with Crippen LogP contribution >= 0.6 is 0 Å². The van der Waals surface area contributed by atoms with Crippen LogP contribution in [-0.4, -0.2) is 5.11 Å². The summed E-state index contributed by atoms with van der Waals surface area (Å²) in [6.07, 6.45) is 0. The molecule has 1 heteroatoms. The maximum atomic E-state index is 9.64. The number of phenols is 1. The third-order valence-corrected chi connectivity index (χ3v) is 2.16. The molecule has 0 radical (unpaired) electrons. The number of hydrogen-bond acceptors (Lipinski definition) is 1. The third-order valence-electron chi connectivity index (χ3n) is 2.16. The van der Waals surface area contributed by atoms with E-state index in [0.717, 1.165) is 10.8 Å². The van der Waals surface area contributed by atoms with Gasteiger partial charge in [-0.05, 0) is 18.4 Å². The van der Waals surface area contributed by atoms with Crippen LogP contribution in [0.25, 0.3) is 10.8 Å². The van der Waals surface area contributed by atoms with Crippen LogP contribution in [0.5, 0.6) is 5.75 Å². The maximum absolute atomic E-state index is 9.64. The Bertz CT molecular complexity index is 530. The molecule has 2 rings (SSSR count). The van der Waals surface area contributed by atoms with Gasteiger partial charge in [0.1, 0.15) is 5.75 Å². The van der Waals surface area contributed by atoms with Gasteiger partial charge in [0.25, 0.3) is 0 Å². The van der Waals surface area contributed by atoms with Crippen LogP contribution in [0, 0.1) is 11.8 Å². The van der Waals surface area contributed by atoms with Gasteiger partial charge < -0.3 is 5.11 Å². The van der Waals surface area contributed by atoms with E-state index in [2.05, 4.69) is 11.8 Å². The van der Waals surface area contributed by atoms with Crippen molar-refractivity contribution in [3.05, 3.63) is 42.0 Å². The molecule has 0 bridgehead atoms. The highest BCUT2D eigenvalue weighted by Gasteiger charge is 2.02. The van der Waals surface area contributed by atoms with Crippen LogP contribution in [0.3, 0.4) is 0 Å². The van der Waals surface area contributed by atoms with Gasteiger partial charge in [0.2, 0.25) is 0 Å². The zero-order valence-electron chi connectivity index (χ0n) is 7.91. The topological polar surface area (TPSA) is 20.2 Å². The van der Waals surface area contributed by atoms with Crippen LogP contribution in [0.4, 0.5) is 0 Å². The summed E-state index contributed by atoms with van der Waals surface area (Å²) in [7, 11) is 0. The SMILES string of the molecule is CC#Cc1c(O)ccc2ccccc12. The molecule has 0 saturated carbocycles. The lowest BCUT2D eigenvalue weighted by Crippen LogP contribution is -1.80. The van der Waals surface area contributed by atoms with Crippen molar-refractivity contribution in [1.29, 1.82) is 0 Å². The van der Waals surface area contributed by atoms with Gasteiger partial charge in [-0.3, -0.25) is 0 Å². The van der Waals surface area contributed by atoms with Gasteiger partial charge in [0.15, 0.2) is 0 Å². The van der Waals surface area contributed by atoms with Crippen LogP contribution in [0.15, 0.2) is 36.4 Å². The standard InChI is InChI=1S/C13H10O/c1-2-5-12-11-7-4-3-6-10(11)8-9-13(12)14/h3-4,6-9,14H,1H3. The van der Waals surface area contributed by atoms with Crippen LogP contribution in [0.2, 0.25) is 0 Å². The second-order valence-electron chi connectivity index (χ2n) is 3.06. The lowest BCUT2D eigenvalue weighted by Gasteiger charge is -2.02. The molecule has 0 atom stereocenters. The lowest BCUT2D eigenvalue weighted by molar-refractivity contribution is 0.474. The molecule has 1 nitrogen and oxygen atoms in total. The molecule has 2 aromatic carbocycles. The maximum Gasteiger partial charge on any atom is 0.131 e. The summed E-state index contributed by atoms with van der Waals surface area (Å²) >= 11 is 0. The highest BCUT2D eigenvalue weighted by atomic mass is 16.3. The Morgan fingerprint density at radius 2 is 1.86 bits per heavy atom. The van der Waals surface area contributed by atoms with Gasteiger partial charge in [-0.25, -0.2) is 0 Å². The normalized spacial score (nSPS) is 9.50. The first-order chi connectivity index (χ1) is 6.83. The summed E-state index contributed by atoms with van der Waals surface area (Å²) in [5, 5.41) is 11.7. The summed E-state index contributed by atoms with van der Waals surface area (Å²) < 4.78 is 0. The molecule has 0 unspecified atom stereocenters. The number of aromatic hydroxyl groups is 1. The lowest BCUT2D eigenvalue weighted by atomic mass is 10.0. The van der Waals surface area contributed by atoms with E-state index < -0.39 is 0 Å². The molecule has 0 amide bonds. The molecule has 1 N–H and O–H groups in total. The number of rotatable bonds is 0. The van der Waals surface area contributed by atoms with Crippen molar-refractivity contribution in [3.63, 3.8) is 0 Å². The molecule has 14 heavy (non-hydrogen) atoms. The van der Waals surface area contributed by atoms with E-state index in [1.165, 1.54) is 0 Å². The number of benzene rings is 2. The monoisotopic (exact) mass is 182 g/mol. The first-order valence-corrected chi connectivity index (χ1v) is 4.46. The molecule has 0 spiro atoms. The fraction of sp³-hybridized carbons (Fsp3) is 0.0769. The molecular weight excluding hydrogens is 172 g/mol. The molecule has 0 aromatic heterocycles. The fourth-order valence-corrected chi connectivity index (χ4v) is 1.52. The summed E-state index contributed by atoms with van der Waals surface area (Å²) in [6.45, 7) is 1.77. The van der Waals surface area contributed by atoms with E-state index in [9.17, 15) is 5.11 Å². The smallest absolute Gasteiger partial charge is 0.131 e. The van der Waals surface area contributed by atoms with Gasteiger partial charge in [0.05, 0.1) is 5.56 Å².